The number of rotatable bonds is 9. The van der Waals surface area contributed by atoms with Crippen molar-refractivity contribution in [2.75, 3.05) is 29.6 Å². The summed E-state index contributed by atoms with van der Waals surface area (Å²) in [5.41, 5.74) is 10.1. The minimum atomic E-state index is -2.17. The van der Waals surface area contributed by atoms with Crippen LogP contribution in [0.3, 0.4) is 0 Å². The van der Waals surface area contributed by atoms with Crippen LogP contribution in [0.5, 0.6) is 0 Å². The number of hydrogen-bond donors (Lipinski definition) is 2. The van der Waals surface area contributed by atoms with E-state index in [1.807, 2.05) is 30.3 Å². The van der Waals surface area contributed by atoms with E-state index in [-0.39, 0.29) is 10.8 Å². The summed E-state index contributed by atoms with van der Waals surface area (Å²) in [4.78, 5) is 29.2. The van der Waals surface area contributed by atoms with Crippen LogP contribution in [0.15, 0.2) is 91.0 Å². The van der Waals surface area contributed by atoms with Gasteiger partial charge in [-0.05, 0) is 100 Å². The molecule has 2 aliphatic carbocycles. The number of fused-ring (bicyclic) bond motifs is 4. The van der Waals surface area contributed by atoms with E-state index < -0.39 is 24.6 Å². The molecule has 1 unspecified atom stereocenters. The molecule has 6 nitrogen and oxygen atoms in total. The molecule has 0 saturated heterocycles. The number of anilines is 3. The molecule has 4 atom stereocenters. The Balaban J connectivity index is 1.24. The highest BCUT2D eigenvalue weighted by molar-refractivity contribution is 6.02. The van der Waals surface area contributed by atoms with Crippen molar-refractivity contribution in [3.63, 3.8) is 0 Å². The molecular weight excluding hydrogens is 625 g/mol. The molecule has 2 N–H and O–H groups in total. The van der Waals surface area contributed by atoms with Crippen molar-refractivity contribution < 1.29 is 19.1 Å². The molecule has 0 spiro atoms. The van der Waals surface area contributed by atoms with Crippen molar-refractivity contribution in [1.29, 1.82) is 0 Å². The van der Waals surface area contributed by atoms with E-state index in [1.165, 1.54) is 30.4 Å². The summed E-state index contributed by atoms with van der Waals surface area (Å²) in [7, 11) is 0. The van der Waals surface area contributed by atoms with Crippen LogP contribution in [0.4, 0.5) is 21.5 Å². The highest BCUT2D eigenvalue weighted by Crippen LogP contribution is 2.58. The lowest BCUT2D eigenvalue weighted by Gasteiger charge is -2.56. The number of alkyl halides is 1. The lowest BCUT2D eigenvalue weighted by Crippen LogP contribution is -2.53. The number of para-hydroxylation sites is 1. The van der Waals surface area contributed by atoms with Gasteiger partial charge in [0.05, 0.1) is 35.8 Å². The summed E-state index contributed by atoms with van der Waals surface area (Å²) in [5, 5.41) is 11.5. The summed E-state index contributed by atoms with van der Waals surface area (Å²) in [6.07, 6.45) is 3.66. The molecule has 4 aromatic carbocycles. The van der Waals surface area contributed by atoms with E-state index in [1.54, 1.807) is 17.7 Å². The molecule has 1 heterocycles. The van der Waals surface area contributed by atoms with Gasteiger partial charge in [0.15, 0.2) is 0 Å². The highest BCUT2D eigenvalue weighted by Gasteiger charge is 2.52. The van der Waals surface area contributed by atoms with E-state index in [0.717, 1.165) is 41.9 Å². The molecular formula is C43H48FN3O3. The van der Waals surface area contributed by atoms with Gasteiger partial charge in [-0.1, -0.05) is 101 Å². The minimum absolute atomic E-state index is 0.0661. The van der Waals surface area contributed by atoms with Crippen molar-refractivity contribution in [3.8, 4) is 11.1 Å². The first-order chi connectivity index (χ1) is 24.0. The first-order valence-corrected chi connectivity index (χ1v) is 18.1. The van der Waals surface area contributed by atoms with E-state index in [2.05, 4.69) is 91.3 Å². The maximum atomic E-state index is 14.0. The van der Waals surface area contributed by atoms with E-state index in [0.29, 0.717) is 29.8 Å². The van der Waals surface area contributed by atoms with Crippen LogP contribution in [0.1, 0.15) is 86.3 Å². The Kier molecular flexibility index (Phi) is 8.96. The van der Waals surface area contributed by atoms with E-state index in [9.17, 15) is 14.0 Å². The first kappa shape index (κ1) is 33.8. The van der Waals surface area contributed by atoms with Gasteiger partial charge < -0.3 is 20.2 Å². The standard InChI is InChI=1S/C43H48FN3O3/c1-28(2)30-15-18-34-32(23-30)17-20-39-42(3,21-10-22-43(34,39)4)26-46-27-47(38-24-31(16-19-37(38)46)29-11-6-5-7-12-29)36-14-9-8-13-33(36)40(48)45-25-35(44)41(49)50/h5-9,11-16,18-19,23-24,28,35,39H,10,17,20-22,25-27H2,1-4H3,(H,45,48)(H,49,50)/t35?,39-,42+,43+/m0/s1. The topological polar surface area (TPSA) is 72.9 Å². The Hall–Kier alpha value is -4.65. The van der Waals surface area contributed by atoms with Crippen LogP contribution in [0.25, 0.3) is 11.1 Å². The van der Waals surface area contributed by atoms with Crippen molar-refractivity contribution in [2.24, 2.45) is 11.3 Å². The average molecular weight is 674 g/mol. The van der Waals surface area contributed by atoms with Gasteiger partial charge in [-0.15, -0.1) is 0 Å². The number of hydrogen-bond acceptors (Lipinski definition) is 4. The lowest BCUT2D eigenvalue weighted by atomic mass is 9.49. The Labute approximate surface area is 295 Å². The zero-order valence-electron chi connectivity index (χ0n) is 29.6. The number of carbonyl (C=O) groups excluding carboxylic acids is 1. The second-order valence-electron chi connectivity index (χ2n) is 15.5. The lowest BCUT2D eigenvalue weighted by molar-refractivity contribution is -0.142. The van der Waals surface area contributed by atoms with Gasteiger partial charge in [-0.3, -0.25) is 4.79 Å². The number of carbonyl (C=O) groups is 2. The Morgan fingerprint density at radius 1 is 0.900 bits per heavy atom. The van der Waals surface area contributed by atoms with Crippen molar-refractivity contribution >= 4 is 28.9 Å². The highest BCUT2D eigenvalue weighted by atomic mass is 19.1. The van der Waals surface area contributed by atoms with Crippen molar-refractivity contribution in [1.82, 2.24) is 5.32 Å². The molecule has 1 saturated carbocycles. The SMILES string of the molecule is CC(C)c1ccc2c(c1)CC[C@H]1[C@@](C)(CN3CN(c4ccccc4C(=O)NCC(F)C(=O)O)c4cc(-c5ccccc5)ccc43)CCC[C@]21C. The van der Waals surface area contributed by atoms with Crippen LogP contribution in [-0.4, -0.2) is 42.9 Å². The van der Waals surface area contributed by atoms with E-state index >= 15 is 0 Å². The van der Waals surface area contributed by atoms with Gasteiger partial charge in [0.2, 0.25) is 6.17 Å². The maximum Gasteiger partial charge on any atom is 0.340 e. The predicted molar refractivity (Wildman–Crippen MR) is 199 cm³/mol. The fourth-order valence-electron chi connectivity index (χ4n) is 9.38. The van der Waals surface area contributed by atoms with Crippen LogP contribution in [0.2, 0.25) is 0 Å². The number of halogens is 1. The van der Waals surface area contributed by atoms with Crippen LogP contribution in [-0.2, 0) is 16.6 Å². The molecule has 1 amide bonds. The summed E-state index contributed by atoms with van der Waals surface area (Å²) in [6.45, 7) is 10.4. The molecule has 260 valence electrons. The number of amides is 1. The summed E-state index contributed by atoms with van der Waals surface area (Å²) < 4.78 is 14.0. The zero-order chi connectivity index (χ0) is 35.2. The molecule has 1 aliphatic heterocycles. The smallest absolute Gasteiger partial charge is 0.340 e. The quantitative estimate of drug-likeness (QED) is 0.185. The molecule has 0 aromatic heterocycles. The largest absolute Gasteiger partial charge is 0.479 e. The van der Waals surface area contributed by atoms with Crippen LogP contribution in [0, 0.1) is 11.3 Å². The fraction of sp³-hybridized carbons (Fsp3) is 0.395. The van der Waals surface area contributed by atoms with Gasteiger partial charge in [-0.25, -0.2) is 9.18 Å². The molecule has 0 bridgehead atoms. The van der Waals surface area contributed by atoms with Gasteiger partial charge in [-0.2, -0.15) is 0 Å². The van der Waals surface area contributed by atoms with Gasteiger partial charge in [0.1, 0.15) is 0 Å². The van der Waals surface area contributed by atoms with Crippen LogP contribution >= 0.6 is 0 Å². The number of aryl methyl sites for hydroxylation is 1. The third-order valence-electron chi connectivity index (χ3n) is 11.9. The summed E-state index contributed by atoms with van der Waals surface area (Å²) >= 11 is 0. The summed E-state index contributed by atoms with van der Waals surface area (Å²) in [6, 6.07) is 31.5. The van der Waals surface area contributed by atoms with Crippen molar-refractivity contribution in [3.05, 3.63) is 113 Å². The third kappa shape index (κ3) is 6.05. The second kappa shape index (κ2) is 13.2. The average Bonchev–Trinajstić information content (AvgIpc) is 3.47. The second-order valence-corrected chi connectivity index (χ2v) is 15.5. The molecule has 4 aromatic rings. The predicted octanol–water partition coefficient (Wildman–Crippen LogP) is 9.26. The Morgan fingerprint density at radius 2 is 1.66 bits per heavy atom. The fourth-order valence-corrected chi connectivity index (χ4v) is 9.38. The number of carboxylic acid groups (broad SMARTS) is 1. The summed E-state index contributed by atoms with van der Waals surface area (Å²) in [5.74, 6) is -1.04. The minimum Gasteiger partial charge on any atom is -0.479 e. The molecule has 7 rings (SSSR count). The molecule has 0 radical (unpaired) electrons. The number of nitrogens with one attached hydrogen (secondary N) is 1. The van der Waals surface area contributed by atoms with Crippen LogP contribution < -0.4 is 15.1 Å². The number of nitrogens with zero attached hydrogens (tertiary/aromatic N) is 2. The maximum absolute atomic E-state index is 14.0. The monoisotopic (exact) mass is 673 g/mol. The Morgan fingerprint density at radius 3 is 2.42 bits per heavy atom. The van der Waals surface area contributed by atoms with Gasteiger partial charge in [0, 0.05) is 6.54 Å². The van der Waals surface area contributed by atoms with Gasteiger partial charge >= 0.3 is 5.97 Å². The third-order valence-corrected chi connectivity index (χ3v) is 11.9. The molecule has 7 heteroatoms. The molecule has 50 heavy (non-hydrogen) atoms. The Bertz CT molecular complexity index is 1910. The normalized spacial score (nSPS) is 23.2. The zero-order valence-corrected chi connectivity index (χ0v) is 29.6. The number of aliphatic carboxylic acids is 1. The van der Waals surface area contributed by atoms with Crippen molar-refractivity contribution in [2.45, 2.75) is 77.3 Å². The molecule has 1 fully saturated rings. The van der Waals surface area contributed by atoms with Gasteiger partial charge in [0.25, 0.3) is 5.91 Å². The van der Waals surface area contributed by atoms with E-state index in [4.69, 9.17) is 5.11 Å². The molecule has 3 aliphatic rings. The number of carboxylic acids is 1. The first-order valence-electron chi connectivity index (χ1n) is 18.1. The number of benzene rings is 4.